The summed E-state index contributed by atoms with van der Waals surface area (Å²) in [6.07, 6.45) is 7.58. The topological polar surface area (TPSA) is 98.7 Å². The van der Waals surface area contributed by atoms with E-state index in [0.717, 1.165) is 38.5 Å². The Bertz CT molecular complexity index is 770. The number of nitrogens with one attached hydrogen (secondary N) is 2. The van der Waals surface area contributed by atoms with E-state index >= 15 is 0 Å². The van der Waals surface area contributed by atoms with Gasteiger partial charge < -0.3 is 20.6 Å². The number of nitrogens with zero attached hydrogens (tertiary/aromatic N) is 1. The van der Waals surface area contributed by atoms with Crippen molar-refractivity contribution in [3.63, 3.8) is 0 Å². The summed E-state index contributed by atoms with van der Waals surface area (Å²) < 4.78 is -0.950. The highest BCUT2D eigenvalue weighted by molar-refractivity contribution is 8.02. The Kier molecular flexibility index (Phi) is 6.58. The number of aliphatic hydroxyl groups is 1. The largest absolute Gasteiger partial charge is 0.394 e. The number of thioether (sulfide) groups is 1. The van der Waals surface area contributed by atoms with E-state index in [1.165, 1.54) is 6.42 Å². The second kappa shape index (κ2) is 8.82. The third-order valence-corrected chi connectivity index (χ3v) is 10.3. The van der Waals surface area contributed by atoms with Crippen LogP contribution in [-0.4, -0.2) is 69.0 Å². The van der Waals surface area contributed by atoms with Gasteiger partial charge in [0, 0.05) is 17.8 Å². The molecule has 0 aromatic heterocycles. The molecule has 1 saturated carbocycles. The van der Waals surface area contributed by atoms with Crippen molar-refractivity contribution in [3.8, 4) is 0 Å². The quantitative estimate of drug-likeness (QED) is 0.535. The number of carbonyl (C=O) groups excluding carboxylic acids is 3. The molecule has 3 saturated heterocycles. The molecule has 1 aliphatic carbocycles. The van der Waals surface area contributed by atoms with E-state index < -0.39 is 28.7 Å². The van der Waals surface area contributed by atoms with Crippen molar-refractivity contribution in [2.24, 2.45) is 17.8 Å². The van der Waals surface area contributed by atoms with Crippen molar-refractivity contribution in [2.45, 2.75) is 99.8 Å². The fourth-order valence-electron chi connectivity index (χ4n) is 6.96. The van der Waals surface area contributed by atoms with Crippen LogP contribution in [0.25, 0.3) is 0 Å². The van der Waals surface area contributed by atoms with Gasteiger partial charge in [0.05, 0.1) is 29.2 Å². The van der Waals surface area contributed by atoms with Gasteiger partial charge in [-0.05, 0) is 44.9 Å². The summed E-state index contributed by atoms with van der Waals surface area (Å²) in [4.78, 5) is 42.5. The number of hydrogen-bond acceptors (Lipinski definition) is 5. The lowest BCUT2D eigenvalue weighted by molar-refractivity contribution is -0.143. The van der Waals surface area contributed by atoms with E-state index in [-0.39, 0.29) is 41.0 Å². The van der Waals surface area contributed by atoms with Gasteiger partial charge in [-0.3, -0.25) is 14.4 Å². The summed E-state index contributed by atoms with van der Waals surface area (Å²) in [5.74, 6) is -1.03. The fraction of sp³-hybridized carbons (Fsp3) is 0.875. The molecule has 6 atom stereocenters. The minimum atomic E-state index is -0.640. The fourth-order valence-corrected chi connectivity index (χ4v) is 9.30. The monoisotopic (exact) mass is 465 g/mol. The number of fused-ring (bicyclic) bond motifs is 1. The average molecular weight is 466 g/mol. The minimum absolute atomic E-state index is 0.0933. The number of carbonyl (C=O) groups is 3. The van der Waals surface area contributed by atoms with Gasteiger partial charge in [-0.15, -0.1) is 11.8 Å². The molecule has 180 valence electrons. The van der Waals surface area contributed by atoms with Gasteiger partial charge in [0.1, 0.15) is 6.04 Å². The zero-order chi connectivity index (χ0) is 23.3. The first-order valence-electron chi connectivity index (χ1n) is 12.3. The highest BCUT2D eigenvalue weighted by Gasteiger charge is 2.77. The summed E-state index contributed by atoms with van der Waals surface area (Å²) in [6.45, 7) is 6.03. The highest BCUT2D eigenvalue weighted by atomic mass is 32.2. The normalized spacial score (nSPS) is 37.6. The van der Waals surface area contributed by atoms with Crippen molar-refractivity contribution < 1.29 is 19.5 Å². The number of aliphatic hydroxyl groups excluding tert-OH is 1. The Morgan fingerprint density at radius 1 is 1.19 bits per heavy atom. The van der Waals surface area contributed by atoms with Crippen LogP contribution < -0.4 is 10.6 Å². The SMILES string of the molecule is CNC(=O)[C@H]1[C@H]2C(=O)N([C@@H](CO)CC(C)C)C(C(=O)NC3CCCCC3)C23CC[C@]1(C)S3. The molecule has 3 N–H and O–H groups in total. The molecule has 8 heteroatoms. The molecule has 32 heavy (non-hydrogen) atoms. The van der Waals surface area contributed by atoms with Crippen LogP contribution in [0.15, 0.2) is 0 Å². The Morgan fingerprint density at radius 2 is 1.88 bits per heavy atom. The van der Waals surface area contributed by atoms with Crippen molar-refractivity contribution in [1.82, 2.24) is 15.5 Å². The van der Waals surface area contributed by atoms with E-state index in [9.17, 15) is 19.5 Å². The third kappa shape index (κ3) is 3.65. The predicted octanol–water partition coefficient (Wildman–Crippen LogP) is 2.07. The maximum Gasteiger partial charge on any atom is 0.244 e. The molecule has 3 amide bonds. The molecule has 4 rings (SSSR count). The molecular weight excluding hydrogens is 426 g/mol. The molecule has 0 aromatic rings. The molecule has 3 aliphatic heterocycles. The summed E-state index contributed by atoms with van der Waals surface area (Å²) >= 11 is 1.69. The van der Waals surface area contributed by atoms with E-state index in [2.05, 4.69) is 31.4 Å². The summed E-state index contributed by atoms with van der Waals surface area (Å²) in [5, 5.41) is 16.3. The van der Waals surface area contributed by atoms with Crippen LogP contribution in [0.5, 0.6) is 0 Å². The summed E-state index contributed by atoms with van der Waals surface area (Å²) in [5.41, 5.74) is 0. The molecular formula is C24H39N3O4S. The molecule has 7 nitrogen and oxygen atoms in total. The van der Waals surface area contributed by atoms with Crippen molar-refractivity contribution in [2.75, 3.05) is 13.7 Å². The van der Waals surface area contributed by atoms with E-state index in [1.807, 2.05) is 0 Å². The lowest BCUT2D eigenvalue weighted by Crippen LogP contribution is -2.58. The average Bonchev–Trinajstić information content (AvgIpc) is 3.33. The van der Waals surface area contributed by atoms with Crippen LogP contribution in [0.1, 0.15) is 72.1 Å². The number of likely N-dealkylation sites (tertiary alicyclic amines) is 1. The molecule has 4 fully saturated rings. The van der Waals surface area contributed by atoms with Gasteiger partial charge in [-0.25, -0.2) is 0 Å². The van der Waals surface area contributed by atoms with Crippen molar-refractivity contribution >= 4 is 29.5 Å². The summed E-state index contributed by atoms with van der Waals surface area (Å²) in [7, 11) is 1.62. The van der Waals surface area contributed by atoms with E-state index in [1.54, 1.807) is 23.7 Å². The van der Waals surface area contributed by atoms with Crippen molar-refractivity contribution in [3.05, 3.63) is 0 Å². The van der Waals surface area contributed by atoms with Gasteiger partial charge in [-0.1, -0.05) is 33.1 Å². The van der Waals surface area contributed by atoms with Crippen LogP contribution in [0.3, 0.4) is 0 Å². The van der Waals surface area contributed by atoms with Crippen molar-refractivity contribution in [1.29, 1.82) is 0 Å². The first-order valence-corrected chi connectivity index (χ1v) is 13.2. The third-order valence-electron chi connectivity index (χ3n) is 8.29. The minimum Gasteiger partial charge on any atom is -0.394 e. The lowest BCUT2D eigenvalue weighted by atomic mass is 9.66. The molecule has 3 heterocycles. The molecule has 2 bridgehead atoms. The maximum absolute atomic E-state index is 14.0. The Morgan fingerprint density at radius 3 is 2.47 bits per heavy atom. The maximum atomic E-state index is 14.0. The lowest BCUT2D eigenvalue weighted by Gasteiger charge is -2.38. The molecule has 0 radical (unpaired) electrons. The first kappa shape index (κ1) is 23.9. The predicted molar refractivity (Wildman–Crippen MR) is 125 cm³/mol. The van der Waals surface area contributed by atoms with Crippen LogP contribution in [0, 0.1) is 17.8 Å². The number of hydrogen-bond donors (Lipinski definition) is 3. The van der Waals surface area contributed by atoms with Crippen LogP contribution in [0.4, 0.5) is 0 Å². The summed E-state index contributed by atoms with van der Waals surface area (Å²) in [6, 6.07) is -0.906. The molecule has 2 unspecified atom stereocenters. The van der Waals surface area contributed by atoms with E-state index in [0.29, 0.717) is 6.42 Å². The van der Waals surface area contributed by atoms with Crippen LogP contribution in [-0.2, 0) is 14.4 Å². The van der Waals surface area contributed by atoms with Gasteiger partial charge in [0.25, 0.3) is 0 Å². The zero-order valence-corrected chi connectivity index (χ0v) is 20.7. The molecule has 1 spiro atoms. The number of amides is 3. The van der Waals surface area contributed by atoms with Gasteiger partial charge in [-0.2, -0.15) is 0 Å². The van der Waals surface area contributed by atoms with Crippen LogP contribution >= 0.6 is 11.8 Å². The Labute approximate surface area is 195 Å². The Hall–Kier alpha value is -1.28. The van der Waals surface area contributed by atoms with Gasteiger partial charge in [0.15, 0.2) is 0 Å². The first-order chi connectivity index (χ1) is 15.2. The van der Waals surface area contributed by atoms with Crippen LogP contribution in [0.2, 0.25) is 0 Å². The van der Waals surface area contributed by atoms with E-state index in [4.69, 9.17) is 0 Å². The smallest absolute Gasteiger partial charge is 0.244 e. The Balaban J connectivity index is 1.73. The molecule has 0 aromatic carbocycles. The van der Waals surface area contributed by atoms with Gasteiger partial charge in [0.2, 0.25) is 17.7 Å². The molecule has 4 aliphatic rings. The standard InChI is InChI=1S/C24H39N3O4S/c1-14(2)12-16(13-28)27-19(21(30)26-15-8-6-5-7-9-15)24-11-10-23(3,32-24)17(20(29)25-4)18(24)22(27)31/h14-19,28H,5-13H2,1-4H3,(H,25,29)(H,26,30)/t16-,17-,18+,19?,23+,24?/m1/s1. The highest BCUT2D eigenvalue weighted by Crippen LogP contribution is 2.71. The number of rotatable bonds is 7. The van der Waals surface area contributed by atoms with Gasteiger partial charge >= 0.3 is 0 Å². The second-order valence-electron chi connectivity index (χ2n) is 10.9. The second-order valence-corrected chi connectivity index (χ2v) is 12.8. The zero-order valence-electron chi connectivity index (χ0n) is 19.9.